The standard InChI is InChI=1S/C14H22FN3O.2ClH/c1-10(8-16)14(19)17-9-13(18(2)3)11-5-4-6-12(15)7-11;;/h4-7,10,13H,8-9,16H2,1-3H3,(H,17,19);2*1H. The molecule has 3 N–H and O–H groups in total. The van der Waals surface area contributed by atoms with Crippen LogP contribution in [0.25, 0.3) is 0 Å². The first kappa shape index (κ1) is 22.4. The van der Waals surface area contributed by atoms with Crippen molar-refractivity contribution in [2.75, 3.05) is 27.2 Å². The zero-order valence-electron chi connectivity index (χ0n) is 12.5. The van der Waals surface area contributed by atoms with Crippen molar-refractivity contribution in [3.8, 4) is 0 Å². The van der Waals surface area contributed by atoms with Gasteiger partial charge in [-0.2, -0.15) is 0 Å². The Bertz CT molecular complexity index is 432. The Hall–Kier alpha value is -0.880. The monoisotopic (exact) mass is 339 g/mol. The SMILES string of the molecule is CC(CN)C(=O)NCC(c1cccc(F)c1)N(C)C.Cl.Cl. The zero-order chi connectivity index (χ0) is 14.4. The van der Waals surface area contributed by atoms with E-state index in [1.807, 2.05) is 25.1 Å². The van der Waals surface area contributed by atoms with Crippen LogP contribution >= 0.6 is 24.8 Å². The molecule has 1 amide bonds. The predicted molar refractivity (Wildman–Crippen MR) is 88.6 cm³/mol. The normalized spacial score (nSPS) is 12.9. The van der Waals surface area contributed by atoms with Gasteiger partial charge >= 0.3 is 0 Å². The van der Waals surface area contributed by atoms with Crippen molar-refractivity contribution in [3.05, 3.63) is 35.6 Å². The third kappa shape index (κ3) is 7.09. The summed E-state index contributed by atoms with van der Waals surface area (Å²) < 4.78 is 13.3. The van der Waals surface area contributed by atoms with Crippen LogP contribution < -0.4 is 11.1 Å². The second-order valence-electron chi connectivity index (χ2n) is 4.92. The van der Waals surface area contributed by atoms with E-state index in [1.54, 1.807) is 13.0 Å². The average molecular weight is 340 g/mol. The van der Waals surface area contributed by atoms with Crippen molar-refractivity contribution in [3.63, 3.8) is 0 Å². The summed E-state index contributed by atoms with van der Waals surface area (Å²) >= 11 is 0. The van der Waals surface area contributed by atoms with Crippen LogP contribution in [0.2, 0.25) is 0 Å². The van der Waals surface area contributed by atoms with Crippen molar-refractivity contribution in [2.45, 2.75) is 13.0 Å². The number of benzene rings is 1. The molecule has 21 heavy (non-hydrogen) atoms. The molecule has 0 radical (unpaired) electrons. The van der Waals surface area contributed by atoms with Crippen molar-refractivity contribution < 1.29 is 9.18 Å². The van der Waals surface area contributed by atoms with Crippen LogP contribution in [-0.4, -0.2) is 38.0 Å². The number of nitrogens with one attached hydrogen (secondary N) is 1. The second-order valence-corrected chi connectivity index (χ2v) is 4.92. The minimum atomic E-state index is -0.272. The summed E-state index contributed by atoms with van der Waals surface area (Å²) in [4.78, 5) is 13.7. The lowest BCUT2D eigenvalue weighted by atomic mass is 10.1. The molecule has 0 aliphatic carbocycles. The fraction of sp³-hybridized carbons (Fsp3) is 0.500. The molecule has 0 bridgehead atoms. The van der Waals surface area contributed by atoms with Crippen LogP contribution in [-0.2, 0) is 4.79 Å². The van der Waals surface area contributed by atoms with Crippen LogP contribution in [0.3, 0.4) is 0 Å². The first-order chi connectivity index (χ1) is 8.95. The summed E-state index contributed by atoms with van der Waals surface area (Å²) in [6, 6.07) is 6.36. The van der Waals surface area contributed by atoms with E-state index in [2.05, 4.69) is 5.32 Å². The third-order valence-corrected chi connectivity index (χ3v) is 3.13. The summed E-state index contributed by atoms with van der Waals surface area (Å²) in [6.07, 6.45) is 0. The van der Waals surface area contributed by atoms with Gasteiger partial charge in [0.1, 0.15) is 5.82 Å². The summed E-state index contributed by atoms with van der Waals surface area (Å²) in [5, 5.41) is 2.85. The molecule has 122 valence electrons. The topological polar surface area (TPSA) is 58.4 Å². The smallest absolute Gasteiger partial charge is 0.224 e. The Morgan fingerprint density at radius 2 is 2.00 bits per heavy atom. The fourth-order valence-corrected chi connectivity index (χ4v) is 1.79. The molecule has 2 atom stereocenters. The maximum atomic E-state index is 13.3. The molecule has 0 spiro atoms. The summed E-state index contributed by atoms with van der Waals surface area (Å²) in [5.74, 6) is -0.563. The Kier molecular flexibility index (Phi) is 11.5. The minimum Gasteiger partial charge on any atom is -0.354 e. The Morgan fingerprint density at radius 1 is 1.38 bits per heavy atom. The highest BCUT2D eigenvalue weighted by atomic mass is 35.5. The molecule has 7 heteroatoms. The number of likely N-dealkylation sites (N-methyl/N-ethyl adjacent to an activating group) is 1. The molecule has 0 saturated heterocycles. The number of rotatable bonds is 6. The molecule has 1 aromatic carbocycles. The fourth-order valence-electron chi connectivity index (χ4n) is 1.79. The number of hydrogen-bond donors (Lipinski definition) is 2. The van der Waals surface area contributed by atoms with Crippen LogP contribution in [0.5, 0.6) is 0 Å². The van der Waals surface area contributed by atoms with E-state index in [9.17, 15) is 9.18 Å². The van der Waals surface area contributed by atoms with E-state index in [1.165, 1.54) is 12.1 Å². The number of halogens is 3. The van der Waals surface area contributed by atoms with E-state index in [0.717, 1.165) is 5.56 Å². The molecule has 0 heterocycles. The molecule has 1 aromatic rings. The predicted octanol–water partition coefficient (Wildman–Crippen LogP) is 1.98. The number of hydrogen-bond acceptors (Lipinski definition) is 3. The van der Waals surface area contributed by atoms with Crippen LogP contribution in [0.1, 0.15) is 18.5 Å². The number of amides is 1. The Labute approximate surface area is 138 Å². The molecule has 0 fully saturated rings. The van der Waals surface area contributed by atoms with E-state index in [0.29, 0.717) is 13.1 Å². The molecule has 0 saturated carbocycles. The lowest BCUT2D eigenvalue weighted by Gasteiger charge is -2.25. The van der Waals surface area contributed by atoms with E-state index in [4.69, 9.17) is 5.73 Å². The zero-order valence-corrected chi connectivity index (χ0v) is 14.1. The molecular weight excluding hydrogens is 316 g/mol. The van der Waals surface area contributed by atoms with Crippen LogP contribution in [0.15, 0.2) is 24.3 Å². The molecule has 1 rings (SSSR count). The van der Waals surface area contributed by atoms with Gasteiger partial charge in [0.2, 0.25) is 5.91 Å². The number of carbonyl (C=O) groups excluding carboxylic acids is 1. The Morgan fingerprint density at radius 3 is 2.48 bits per heavy atom. The van der Waals surface area contributed by atoms with E-state index >= 15 is 0 Å². The highest BCUT2D eigenvalue weighted by Crippen LogP contribution is 2.18. The van der Waals surface area contributed by atoms with Crippen molar-refractivity contribution in [2.24, 2.45) is 11.7 Å². The number of nitrogens with zero attached hydrogens (tertiary/aromatic N) is 1. The van der Waals surface area contributed by atoms with Gasteiger partial charge in [-0.1, -0.05) is 19.1 Å². The molecular formula is C14H24Cl2FN3O. The van der Waals surface area contributed by atoms with Gasteiger partial charge in [-0.3, -0.25) is 4.79 Å². The summed E-state index contributed by atoms with van der Waals surface area (Å²) in [5.41, 5.74) is 6.29. The molecule has 2 unspecified atom stereocenters. The maximum Gasteiger partial charge on any atom is 0.224 e. The minimum absolute atomic E-state index is 0. The van der Waals surface area contributed by atoms with Crippen LogP contribution in [0, 0.1) is 11.7 Å². The van der Waals surface area contributed by atoms with Gasteiger partial charge in [0.25, 0.3) is 0 Å². The van der Waals surface area contributed by atoms with Gasteiger partial charge in [0, 0.05) is 19.0 Å². The van der Waals surface area contributed by atoms with Crippen molar-refractivity contribution in [1.82, 2.24) is 10.2 Å². The average Bonchev–Trinajstić information content (AvgIpc) is 2.37. The number of nitrogens with two attached hydrogens (primary N) is 1. The van der Waals surface area contributed by atoms with E-state index < -0.39 is 0 Å². The maximum absolute atomic E-state index is 13.3. The van der Waals surface area contributed by atoms with Gasteiger partial charge in [-0.05, 0) is 31.8 Å². The summed E-state index contributed by atoms with van der Waals surface area (Å²) in [6.45, 7) is 2.53. The molecule has 0 aliphatic rings. The first-order valence-electron chi connectivity index (χ1n) is 6.35. The second kappa shape index (κ2) is 10.8. The first-order valence-corrected chi connectivity index (χ1v) is 6.35. The van der Waals surface area contributed by atoms with Crippen molar-refractivity contribution >= 4 is 30.7 Å². The van der Waals surface area contributed by atoms with Gasteiger partial charge in [-0.15, -0.1) is 24.8 Å². The quantitative estimate of drug-likeness (QED) is 0.833. The molecule has 0 aromatic heterocycles. The largest absolute Gasteiger partial charge is 0.354 e. The van der Waals surface area contributed by atoms with Gasteiger partial charge < -0.3 is 16.0 Å². The van der Waals surface area contributed by atoms with Crippen molar-refractivity contribution in [1.29, 1.82) is 0 Å². The van der Waals surface area contributed by atoms with Crippen LogP contribution in [0.4, 0.5) is 4.39 Å². The number of carbonyl (C=O) groups is 1. The highest BCUT2D eigenvalue weighted by Gasteiger charge is 2.17. The van der Waals surface area contributed by atoms with Gasteiger partial charge in [0.15, 0.2) is 0 Å². The Balaban J connectivity index is 0. The lowest BCUT2D eigenvalue weighted by molar-refractivity contribution is -0.124. The molecule has 0 aliphatic heterocycles. The molecule has 4 nitrogen and oxygen atoms in total. The lowest BCUT2D eigenvalue weighted by Crippen LogP contribution is -2.38. The van der Waals surface area contributed by atoms with Gasteiger partial charge in [-0.25, -0.2) is 4.39 Å². The highest BCUT2D eigenvalue weighted by molar-refractivity contribution is 5.85. The van der Waals surface area contributed by atoms with E-state index in [-0.39, 0.29) is 48.5 Å². The third-order valence-electron chi connectivity index (χ3n) is 3.13. The van der Waals surface area contributed by atoms with Gasteiger partial charge in [0.05, 0.1) is 6.04 Å². The summed E-state index contributed by atoms with van der Waals surface area (Å²) in [7, 11) is 3.79.